The van der Waals surface area contributed by atoms with Crippen LogP contribution in [0.15, 0.2) is 109 Å². The lowest BCUT2D eigenvalue weighted by atomic mass is 9.94. The monoisotopic (exact) mass is 492 g/mol. The lowest BCUT2D eigenvalue weighted by molar-refractivity contribution is -0.137. The fraction of sp³-hybridized carbons (Fsp3) is 0.129. The van der Waals surface area contributed by atoms with Crippen LogP contribution in [0.5, 0.6) is 0 Å². The van der Waals surface area contributed by atoms with E-state index < -0.39 is 5.97 Å². The Morgan fingerprint density at radius 2 is 1.16 bits per heavy atom. The molecule has 6 heteroatoms. The first-order valence-electron chi connectivity index (χ1n) is 12.1. The van der Waals surface area contributed by atoms with Gasteiger partial charge < -0.3 is 15.3 Å². The van der Waals surface area contributed by atoms with Crippen LogP contribution in [-0.2, 0) is 17.9 Å². The number of carboxylic acid groups (broad SMARTS) is 1. The normalized spacial score (nSPS) is 10.5. The molecule has 4 rings (SSSR count). The number of carbonyl (C=O) groups excluding carboxylic acids is 2. The number of nitrogens with zero attached hydrogens (tertiary/aromatic N) is 1. The number of benzene rings is 4. The summed E-state index contributed by atoms with van der Waals surface area (Å²) in [4.78, 5) is 39.8. The summed E-state index contributed by atoms with van der Waals surface area (Å²) in [6, 6.07) is 33.4. The molecule has 6 nitrogen and oxygen atoms in total. The number of carboxylic acids is 1. The molecule has 0 saturated carbocycles. The van der Waals surface area contributed by atoms with E-state index in [2.05, 4.69) is 5.32 Å². The van der Waals surface area contributed by atoms with Crippen LogP contribution in [0.2, 0.25) is 0 Å². The van der Waals surface area contributed by atoms with Gasteiger partial charge in [-0.15, -0.1) is 0 Å². The predicted molar refractivity (Wildman–Crippen MR) is 143 cm³/mol. The van der Waals surface area contributed by atoms with E-state index in [-0.39, 0.29) is 31.3 Å². The van der Waals surface area contributed by atoms with Gasteiger partial charge in [-0.3, -0.25) is 14.4 Å². The molecule has 0 bridgehead atoms. The summed E-state index contributed by atoms with van der Waals surface area (Å²) in [7, 11) is 0. The van der Waals surface area contributed by atoms with E-state index in [4.69, 9.17) is 0 Å². The van der Waals surface area contributed by atoms with Crippen molar-refractivity contribution in [1.29, 1.82) is 0 Å². The maximum Gasteiger partial charge on any atom is 0.305 e. The maximum absolute atomic E-state index is 13.8. The number of hydrogen-bond acceptors (Lipinski definition) is 3. The fourth-order valence-electron chi connectivity index (χ4n) is 4.15. The zero-order valence-corrected chi connectivity index (χ0v) is 20.3. The highest BCUT2D eigenvalue weighted by Gasteiger charge is 2.22. The first-order valence-corrected chi connectivity index (χ1v) is 12.1. The molecule has 0 unspecified atom stereocenters. The van der Waals surface area contributed by atoms with E-state index in [9.17, 15) is 19.5 Å². The van der Waals surface area contributed by atoms with Crippen LogP contribution >= 0.6 is 0 Å². The van der Waals surface area contributed by atoms with E-state index in [1.54, 1.807) is 29.2 Å². The zero-order valence-electron chi connectivity index (χ0n) is 20.3. The number of aliphatic carboxylic acids is 1. The second kappa shape index (κ2) is 12.3. The molecule has 0 aliphatic rings. The highest BCUT2D eigenvalue weighted by molar-refractivity contribution is 6.06. The Labute approximate surface area is 216 Å². The van der Waals surface area contributed by atoms with Gasteiger partial charge in [-0.1, -0.05) is 97.1 Å². The second-order valence-electron chi connectivity index (χ2n) is 8.62. The Bertz CT molecular complexity index is 1370. The summed E-state index contributed by atoms with van der Waals surface area (Å²) in [6.45, 7) is 0.728. The molecule has 0 saturated heterocycles. The standard InChI is InChI=1S/C31H28N2O4/c34-29(35)19-20-33(22-24-13-5-2-6-14-24)31(37)28-18-10-8-16-26(28)25-15-7-9-17-27(25)30(36)32-21-23-11-3-1-4-12-23/h1-18H,19-22H2,(H,32,36)(H,34,35). The number of amides is 2. The average Bonchev–Trinajstić information content (AvgIpc) is 2.94. The molecule has 0 heterocycles. The smallest absolute Gasteiger partial charge is 0.305 e. The van der Waals surface area contributed by atoms with Gasteiger partial charge in [0.25, 0.3) is 11.8 Å². The molecule has 0 aromatic heterocycles. The van der Waals surface area contributed by atoms with Crippen LogP contribution in [0.25, 0.3) is 11.1 Å². The van der Waals surface area contributed by atoms with Crippen LogP contribution in [-0.4, -0.2) is 34.3 Å². The van der Waals surface area contributed by atoms with Crippen LogP contribution < -0.4 is 5.32 Å². The number of rotatable bonds is 10. The largest absolute Gasteiger partial charge is 0.481 e. The molecule has 2 amide bonds. The first-order chi connectivity index (χ1) is 18.0. The molecule has 0 atom stereocenters. The van der Waals surface area contributed by atoms with E-state index in [1.165, 1.54) is 0 Å². The molecule has 186 valence electrons. The summed E-state index contributed by atoms with van der Waals surface area (Å²) < 4.78 is 0. The van der Waals surface area contributed by atoms with E-state index in [0.717, 1.165) is 11.1 Å². The number of hydrogen-bond donors (Lipinski definition) is 2. The van der Waals surface area contributed by atoms with Crippen LogP contribution in [0.4, 0.5) is 0 Å². The fourth-order valence-corrected chi connectivity index (χ4v) is 4.15. The summed E-state index contributed by atoms with van der Waals surface area (Å²) in [5, 5.41) is 12.2. The zero-order chi connectivity index (χ0) is 26.0. The Hall–Kier alpha value is -4.71. The predicted octanol–water partition coefficient (Wildman–Crippen LogP) is 5.40. The van der Waals surface area contributed by atoms with Gasteiger partial charge in [0.05, 0.1) is 6.42 Å². The number of carbonyl (C=O) groups is 3. The minimum atomic E-state index is -0.973. The Kier molecular flexibility index (Phi) is 8.45. The molecule has 37 heavy (non-hydrogen) atoms. The van der Waals surface area contributed by atoms with Crippen molar-refractivity contribution in [2.24, 2.45) is 0 Å². The quantitative estimate of drug-likeness (QED) is 0.310. The van der Waals surface area contributed by atoms with Crippen molar-refractivity contribution in [3.05, 3.63) is 131 Å². The minimum absolute atomic E-state index is 0.0661. The molecule has 4 aromatic rings. The molecule has 0 aliphatic heterocycles. The summed E-state index contributed by atoms with van der Waals surface area (Å²) >= 11 is 0. The summed E-state index contributed by atoms with van der Waals surface area (Å²) in [5.41, 5.74) is 4.01. The third-order valence-corrected chi connectivity index (χ3v) is 6.01. The van der Waals surface area contributed by atoms with Crippen molar-refractivity contribution in [1.82, 2.24) is 10.2 Å². The van der Waals surface area contributed by atoms with Crippen molar-refractivity contribution in [2.75, 3.05) is 6.54 Å². The number of nitrogens with one attached hydrogen (secondary N) is 1. The van der Waals surface area contributed by atoms with Gasteiger partial charge in [0, 0.05) is 30.8 Å². The molecule has 0 spiro atoms. The van der Waals surface area contributed by atoms with E-state index in [0.29, 0.717) is 28.8 Å². The van der Waals surface area contributed by atoms with Crippen molar-refractivity contribution >= 4 is 17.8 Å². The van der Waals surface area contributed by atoms with Crippen molar-refractivity contribution in [3.8, 4) is 11.1 Å². The van der Waals surface area contributed by atoms with Gasteiger partial charge in [-0.05, 0) is 34.4 Å². The lowest BCUT2D eigenvalue weighted by Gasteiger charge is -2.24. The van der Waals surface area contributed by atoms with Gasteiger partial charge in [-0.25, -0.2) is 0 Å². The van der Waals surface area contributed by atoms with E-state index >= 15 is 0 Å². The first kappa shape index (κ1) is 25.4. The lowest BCUT2D eigenvalue weighted by Crippen LogP contribution is -2.33. The van der Waals surface area contributed by atoms with Crippen molar-refractivity contribution < 1.29 is 19.5 Å². The Balaban J connectivity index is 1.64. The highest BCUT2D eigenvalue weighted by Crippen LogP contribution is 2.29. The van der Waals surface area contributed by atoms with Crippen molar-refractivity contribution in [2.45, 2.75) is 19.5 Å². The molecule has 0 aliphatic carbocycles. The summed E-state index contributed by atoms with van der Waals surface area (Å²) in [6.07, 6.45) is -0.167. The van der Waals surface area contributed by atoms with Crippen LogP contribution in [0, 0.1) is 0 Å². The van der Waals surface area contributed by atoms with Gasteiger partial charge in [0.15, 0.2) is 0 Å². The average molecular weight is 493 g/mol. The summed E-state index contributed by atoms with van der Waals surface area (Å²) in [5.74, 6) is -1.51. The van der Waals surface area contributed by atoms with Gasteiger partial charge in [-0.2, -0.15) is 0 Å². The molecule has 4 aromatic carbocycles. The molecule has 2 N–H and O–H groups in total. The topological polar surface area (TPSA) is 86.7 Å². The SMILES string of the molecule is O=C(O)CCN(Cc1ccccc1)C(=O)c1ccccc1-c1ccccc1C(=O)NCc1ccccc1. The van der Waals surface area contributed by atoms with Gasteiger partial charge >= 0.3 is 5.97 Å². The minimum Gasteiger partial charge on any atom is -0.481 e. The molecular formula is C31H28N2O4. The van der Waals surface area contributed by atoms with Crippen molar-refractivity contribution in [3.63, 3.8) is 0 Å². The van der Waals surface area contributed by atoms with Gasteiger partial charge in [0.2, 0.25) is 0 Å². The highest BCUT2D eigenvalue weighted by atomic mass is 16.4. The third-order valence-electron chi connectivity index (χ3n) is 6.01. The third kappa shape index (κ3) is 6.70. The maximum atomic E-state index is 13.8. The Morgan fingerprint density at radius 1 is 0.649 bits per heavy atom. The Morgan fingerprint density at radius 3 is 1.78 bits per heavy atom. The van der Waals surface area contributed by atoms with Gasteiger partial charge in [0.1, 0.15) is 0 Å². The molecule has 0 fully saturated rings. The van der Waals surface area contributed by atoms with Crippen LogP contribution in [0.3, 0.4) is 0 Å². The second-order valence-corrected chi connectivity index (χ2v) is 8.62. The van der Waals surface area contributed by atoms with E-state index in [1.807, 2.05) is 84.9 Å². The molecular weight excluding hydrogens is 464 g/mol. The molecule has 0 radical (unpaired) electrons. The van der Waals surface area contributed by atoms with Crippen LogP contribution in [0.1, 0.15) is 38.3 Å².